The first-order chi connectivity index (χ1) is 18.6. The second-order valence-corrected chi connectivity index (χ2v) is 18.0. The molecule has 0 aromatic heterocycles. The molecule has 1 aliphatic rings. The highest BCUT2D eigenvalue weighted by atomic mass is 32.2. The quantitative estimate of drug-likeness (QED) is 0.428. The van der Waals surface area contributed by atoms with Crippen molar-refractivity contribution in [3.63, 3.8) is 0 Å². The molecular formula is C27H34F3NO7S3. The molecule has 1 aliphatic heterocycles. The second kappa shape index (κ2) is 11.3. The Labute approximate surface area is 239 Å². The zero-order chi connectivity index (χ0) is 31.2. The van der Waals surface area contributed by atoms with Crippen molar-refractivity contribution in [3.8, 4) is 0 Å². The first kappa shape index (κ1) is 33.1. The molecule has 0 spiro atoms. The molecule has 0 bridgehead atoms. The summed E-state index contributed by atoms with van der Waals surface area (Å²) in [6.45, 7) is 6.24. The van der Waals surface area contributed by atoms with E-state index in [0.717, 1.165) is 30.5 Å². The van der Waals surface area contributed by atoms with E-state index in [1.807, 2.05) is 0 Å². The van der Waals surface area contributed by atoms with Crippen LogP contribution in [0.15, 0.2) is 57.2 Å². The lowest BCUT2D eigenvalue weighted by Crippen LogP contribution is -2.43. The average molecular weight is 638 g/mol. The fourth-order valence-corrected chi connectivity index (χ4v) is 9.31. The fourth-order valence-electron chi connectivity index (χ4n) is 4.98. The number of benzene rings is 2. The van der Waals surface area contributed by atoms with Crippen LogP contribution < -0.4 is 0 Å². The van der Waals surface area contributed by atoms with E-state index in [-0.39, 0.29) is 42.8 Å². The minimum Gasteiger partial charge on any atom is -0.339 e. The van der Waals surface area contributed by atoms with Crippen molar-refractivity contribution >= 4 is 35.4 Å². The third kappa shape index (κ3) is 6.80. The number of carbonyl (C=O) groups excluding carboxylic acids is 1. The molecule has 1 fully saturated rings. The number of hydrogen-bond donors (Lipinski definition) is 0. The van der Waals surface area contributed by atoms with Gasteiger partial charge in [-0.05, 0) is 82.3 Å². The van der Waals surface area contributed by atoms with E-state index in [0.29, 0.717) is 6.07 Å². The summed E-state index contributed by atoms with van der Waals surface area (Å²) >= 11 is 0. The number of rotatable bonds is 7. The molecule has 0 N–H and O–H groups in total. The Morgan fingerprint density at radius 3 is 2.00 bits per heavy atom. The predicted octanol–water partition coefficient (Wildman–Crippen LogP) is 4.79. The predicted molar refractivity (Wildman–Crippen MR) is 148 cm³/mol. The van der Waals surface area contributed by atoms with Crippen LogP contribution >= 0.6 is 0 Å². The van der Waals surface area contributed by atoms with Crippen LogP contribution in [0.1, 0.15) is 62.9 Å². The van der Waals surface area contributed by atoms with Crippen LogP contribution in [0.2, 0.25) is 0 Å². The standard InChI is InChI=1S/C27H34F3NO7S3/c1-6-23(40(35,36)20-9-7-8-19(16-20)27(28,29)30)18-12-14-31(15-13-18)25(32)22-11-10-21(17-24(22)39(5,33)34)41(37,38)26(2,3)4/h7-11,16-18,23H,6,12-15H2,1-5H3. The second-order valence-electron chi connectivity index (χ2n) is 11.2. The minimum atomic E-state index is -4.70. The van der Waals surface area contributed by atoms with Gasteiger partial charge in [0, 0.05) is 19.3 Å². The van der Waals surface area contributed by atoms with Gasteiger partial charge in [-0.25, -0.2) is 25.3 Å². The van der Waals surface area contributed by atoms with Gasteiger partial charge < -0.3 is 4.90 Å². The molecule has 0 saturated carbocycles. The molecule has 1 atom stereocenters. The van der Waals surface area contributed by atoms with Crippen molar-refractivity contribution in [1.29, 1.82) is 0 Å². The third-order valence-corrected chi connectivity index (χ3v) is 13.4. The summed E-state index contributed by atoms with van der Waals surface area (Å²) in [5, 5.41) is -0.975. The SMILES string of the molecule is CCC(C1CCN(C(=O)c2ccc(S(=O)(=O)C(C)(C)C)cc2S(C)(=O)=O)CC1)S(=O)(=O)c1cccc(C(F)(F)F)c1. The molecule has 228 valence electrons. The first-order valence-electron chi connectivity index (χ1n) is 12.9. The number of amides is 1. The van der Waals surface area contributed by atoms with E-state index in [1.54, 1.807) is 6.92 Å². The molecule has 2 aromatic rings. The largest absolute Gasteiger partial charge is 0.416 e. The third-order valence-electron chi connectivity index (χ3n) is 7.34. The lowest BCUT2D eigenvalue weighted by Gasteiger charge is -2.36. The minimum absolute atomic E-state index is 0.0867. The molecule has 2 aromatic carbocycles. The van der Waals surface area contributed by atoms with E-state index in [9.17, 15) is 43.2 Å². The Morgan fingerprint density at radius 2 is 1.51 bits per heavy atom. The van der Waals surface area contributed by atoms with Crippen LogP contribution in [0.25, 0.3) is 0 Å². The maximum absolute atomic E-state index is 13.4. The average Bonchev–Trinajstić information content (AvgIpc) is 2.87. The Bertz CT molecular complexity index is 1640. The van der Waals surface area contributed by atoms with Gasteiger partial charge in [-0.3, -0.25) is 4.79 Å². The zero-order valence-electron chi connectivity index (χ0n) is 23.4. The summed E-state index contributed by atoms with van der Waals surface area (Å²) in [5.74, 6) is -1.09. The smallest absolute Gasteiger partial charge is 0.339 e. The highest BCUT2D eigenvalue weighted by Crippen LogP contribution is 2.35. The summed E-state index contributed by atoms with van der Waals surface area (Å²) in [6, 6.07) is 7.00. The number of hydrogen-bond acceptors (Lipinski definition) is 7. The van der Waals surface area contributed by atoms with Crippen LogP contribution in [-0.2, 0) is 35.7 Å². The van der Waals surface area contributed by atoms with Crippen LogP contribution in [0, 0.1) is 5.92 Å². The van der Waals surface area contributed by atoms with Gasteiger partial charge >= 0.3 is 6.18 Å². The van der Waals surface area contributed by atoms with Gasteiger partial charge in [0.25, 0.3) is 5.91 Å². The summed E-state index contributed by atoms with van der Waals surface area (Å²) in [4.78, 5) is 13.7. The van der Waals surface area contributed by atoms with Crippen LogP contribution in [0.3, 0.4) is 0 Å². The molecule has 0 aliphatic carbocycles. The van der Waals surface area contributed by atoms with Crippen LogP contribution in [-0.4, -0.2) is 65.4 Å². The van der Waals surface area contributed by atoms with Crippen LogP contribution in [0.5, 0.6) is 0 Å². The molecule has 0 radical (unpaired) electrons. The van der Waals surface area contributed by atoms with Gasteiger partial charge in [0.05, 0.1) is 35.8 Å². The van der Waals surface area contributed by atoms with Gasteiger partial charge in [0.2, 0.25) is 0 Å². The number of carbonyl (C=O) groups is 1. The maximum atomic E-state index is 13.4. The normalized spacial score (nSPS) is 16.9. The molecule has 3 rings (SSSR count). The molecule has 1 amide bonds. The highest BCUT2D eigenvalue weighted by molar-refractivity contribution is 7.93. The maximum Gasteiger partial charge on any atom is 0.416 e. The number of likely N-dealkylation sites (tertiary alicyclic amines) is 1. The topological polar surface area (TPSA) is 123 Å². The van der Waals surface area contributed by atoms with E-state index in [4.69, 9.17) is 0 Å². The van der Waals surface area contributed by atoms with Gasteiger partial charge in [-0.15, -0.1) is 0 Å². The number of halogens is 3. The van der Waals surface area contributed by atoms with Gasteiger partial charge in [-0.2, -0.15) is 13.2 Å². The Hall–Kier alpha value is -2.45. The lowest BCUT2D eigenvalue weighted by molar-refractivity contribution is -0.137. The number of nitrogens with zero attached hydrogens (tertiary/aromatic N) is 1. The number of sulfone groups is 3. The Kier molecular flexibility index (Phi) is 9.13. The number of piperidine rings is 1. The number of alkyl halides is 3. The summed E-state index contributed by atoms with van der Waals surface area (Å²) < 4.78 is 116. The summed E-state index contributed by atoms with van der Waals surface area (Å²) in [6.07, 6.45) is -3.21. The molecule has 1 unspecified atom stereocenters. The molecule has 14 heteroatoms. The first-order valence-corrected chi connectivity index (χ1v) is 17.8. The van der Waals surface area contributed by atoms with Crippen molar-refractivity contribution in [2.45, 2.75) is 77.8 Å². The lowest BCUT2D eigenvalue weighted by atomic mass is 9.91. The zero-order valence-corrected chi connectivity index (χ0v) is 25.8. The van der Waals surface area contributed by atoms with Gasteiger partial charge in [-0.1, -0.05) is 13.0 Å². The molecule has 8 nitrogen and oxygen atoms in total. The van der Waals surface area contributed by atoms with Crippen molar-refractivity contribution in [3.05, 3.63) is 53.6 Å². The molecule has 41 heavy (non-hydrogen) atoms. The summed E-state index contributed by atoms with van der Waals surface area (Å²) in [7, 11) is -12.0. The highest BCUT2D eigenvalue weighted by Gasteiger charge is 2.39. The van der Waals surface area contributed by atoms with Crippen molar-refractivity contribution < 1.29 is 43.2 Å². The monoisotopic (exact) mass is 637 g/mol. The Morgan fingerprint density at radius 1 is 0.927 bits per heavy atom. The van der Waals surface area contributed by atoms with Crippen molar-refractivity contribution in [1.82, 2.24) is 4.90 Å². The molecular weight excluding hydrogens is 603 g/mol. The van der Waals surface area contributed by atoms with Gasteiger partial charge in [0.15, 0.2) is 29.5 Å². The molecule has 1 heterocycles. The Balaban J connectivity index is 1.86. The van der Waals surface area contributed by atoms with E-state index in [1.165, 1.54) is 37.8 Å². The van der Waals surface area contributed by atoms with Crippen molar-refractivity contribution in [2.75, 3.05) is 19.3 Å². The fraction of sp³-hybridized carbons (Fsp3) is 0.519. The summed E-state index contributed by atoms with van der Waals surface area (Å²) in [5.41, 5.74) is -1.25. The van der Waals surface area contributed by atoms with Crippen molar-refractivity contribution in [2.24, 2.45) is 5.92 Å². The van der Waals surface area contributed by atoms with E-state index in [2.05, 4.69) is 0 Å². The molecule has 1 saturated heterocycles. The van der Waals surface area contributed by atoms with Gasteiger partial charge in [0.1, 0.15) is 0 Å². The van der Waals surface area contributed by atoms with E-state index < -0.39 is 72.9 Å². The van der Waals surface area contributed by atoms with E-state index >= 15 is 0 Å². The van der Waals surface area contributed by atoms with Crippen LogP contribution in [0.4, 0.5) is 13.2 Å².